The minimum atomic E-state index is -0.164. The van der Waals surface area contributed by atoms with Crippen molar-refractivity contribution in [2.45, 2.75) is 6.92 Å². The number of rotatable bonds is 4. The molecule has 0 spiro atoms. The molecule has 1 saturated heterocycles. The molecule has 0 bridgehead atoms. The van der Waals surface area contributed by atoms with Crippen LogP contribution in [-0.4, -0.2) is 23.9 Å². The van der Waals surface area contributed by atoms with E-state index in [4.69, 9.17) is 21.7 Å². The van der Waals surface area contributed by atoms with E-state index < -0.39 is 0 Å². The Balaban J connectivity index is 2.29. The van der Waals surface area contributed by atoms with Crippen molar-refractivity contribution in [2.75, 3.05) is 13.7 Å². The highest BCUT2D eigenvalue weighted by molar-refractivity contribution is 8.26. The van der Waals surface area contributed by atoms with E-state index in [-0.39, 0.29) is 5.91 Å². The van der Waals surface area contributed by atoms with Crippen molar-refractivity contribution in [3.63, 3.8) is 0 Å². The molecule has 0 atom stereocenters. The summed E-state index contributed by atoms with van der Waals surface area (Å²) in [6.45, 7) is 2.49. The van der Waals surface area contributed by atoms with Crippen molar-refractivity contribution in [2.24, 2.45) is 0 Å². The van der Waals surface area contributed by atoms with Gasteiger partial charge in [-0.2, -0.15) is 0 Å². The number of benzene rings is 1. The van der Waals surface area contributed by atoms with E-state index in [9.17, 15) is 4.79 Å². The van der Waals surface area contributed by atoms with Crippen LogP contribution in [0.4, 0.5) is 0 Å². The van der Waals surface area contributed by atoms with E-state index in [2.05, 4.69) is 5.32 Å². The fourth-order valence-corrected chi connectivity index (χ4v) is 2.67. The van der Waals surface area contributed by atoms with E-state index >= 15 is 0 Å². The average Bonchev–Trinajstić information content (AvgIpc) is 2.70. The fraction of sp³-hybridized carbons (Fsp3) is 0.231. The molecule has 0 aliphatic carbocycles. The number of carbonyl (C=O) groups is 1. The van der Waals surface area contributed by atoms with Crippen LogP contribution in [-0.2, 0) is 4.79 Å². The summed E-state index contributed by atoms with van der Waals surface area (Å²) in [5, 5.41) is 2.58. The number of thiocarbonyl (C=S) groups is 1. The van der Waals surface area contributed by atoms with Crippen molar-refractivity contribution in [1.82, 2.24) is 5.32 Å². The molecule has 1 aromatic rings. The van der Waals surface area contributed by atoms with Crippen LogP contribution in [0.3, 0.4) is 0 Å². The monoisotopic (exact) mass is 295 g/mol. The lowest BCUT2D eigenvalue weighted by Crippen LogP contribution is -2.17. The van der Waals surface area contributed by atoms with Gasteiger partial charge in [0, 0.05) is 0 Å². The van der Waals surface area contributed by atoms with Gasteiger partial charge in [0.15, 0.2) is 11.5 Å². The minimum Gasteiger partial charge on any atom is -0.493 e. The average molecular weight is 295 g/mol. The molecule has 2 rings (SSSR count). The lowest BCUT2D eigenvalue weighted by atomic mass is 10.2. The van der Waals surface area contributed by atoms with Gasteiger partial charge in [-0.25, -0.2) is 0 Å². The number of amides is 1. The Morgan fingerprint density at radius 1 is 1.42 bits per heavy atom. The summed E-state index contributed by atoms with van der Waals surface area (Å²) < 4.78 is 11.2. The lowest BCUT2D eigenvalue weighted by Gasteiger charge is -2.09. The Kier molecular flexibility index (Phi) is 4.44. The van der Waals surface area contributed by atoms with Gasteiger partial charge in [-0.15, -0.1) is 0 Å². The summed E-state index contributed by atoms with van der Waals surface area (Å²) in [7, 11) is 1.58. The summed E-state index contributed by atoms with van der Waals surface area (Å²) in [4.78, 5) is 12.1. The maximum absolute atomic E-state index is 11.6. The van der Waals surface area contributed by atoms with Crippen LogP contribution in [0.5, 0.6) is 11.5 Å². The first-order valence-corrected chi connectivity index (χ1v) is 6.92. The number of thioether (sulfide) groups is 1. The smallest absolute Gasteiger partial charge is 0.263 e. The molecule has 6 heteroatoms. The Labute approximate surface area is 121 Å². The Hall–Kier alpha value is -1.53. The van der Waals surface area contributed by atoms with Gasteiger partial charge in [-0.3, -0.25) is 4.79 Å². The van der Waals surface area contributed by atoms with E-state index in [0.717, 1.165) is 5.56 Å². The van der Waals surface area contributed by atoms with E-state index in [1.54, 1.807) is 13.2 Å². The van der Waals surface area contributed by atoms with Gasteiger partial charge in [-0.1, -0.05) is 30.0 Å². The molecule has 4 nitrogen and oxygen atoms in total. The first-order chi connectivity index (χ1) is 9.13. The third-order valence-corrected chi connectivity index (χ3v) is 3.59. The minimum absolute atomic E-state index is 0.164. The van der Waals surface area contributed by atoms with Crippen LogP contribution in [0.1, 0.15) is 12.5 Å². The molecule has 1 aliphatic rings. The molecular formula is C13H13NO3S2. The van der Waals surface area contributed by atoms with Crippen LogP contribution >= 0.6 is 24.0 Å². The number of methoxy groups -OCH3 is 1. The number of nitrogens with one attached hydrogen (secondary N) is 1. The highest BCUT2D eigenvalue weighted by Gasteiger charge is 2.22. The standard InChI is InChI=1S/C13H13NO3S2/c1-3-17-9-5-4-8(6-10(9)16-2)7-11-12(15)14-13(18)19-11/h4-7H,3H2,1-2H3,(H,14,15,18)/b11-7-. The Morgan fingerprint density at radius 3 is 2.79 bits per heavy atom. The molecule has 19 heavy (non-hydrogen) atoms. The molecule has 1 aliphatic heterocycles. The maximum atomic E-state index is 11.6. The molecule has 1 amide bonds. The van der Waals surface area contributed by atoms with Crippen molar-refractivity contribution in [1.29, 1.82) is 0 Å². The van der Waals surface area contributed by atoms with Gasteiger partial charge >= 0.3 is 0 Å². The van der Waals surface area contributed by atoms with Crippen LogP contribution in [0, 0.1) is 0 Å². The highest BCUT2D eigenvalue weighted by atomic mass is 32.2. The zero-order valence-corrected chi connectivity index (χ0v) is 12.2. The molecule has 0 radical (unpaired) electrons. The predicted octanol–water partition coefficient (Wildman–Crippen LogP) is 2.58. The largest absolute Gasteiger partial charge is 0.493 e. The number of ether oxygens (including phenoxy) is 2. The molecule has 1 aromatic carbocycles. The van der Waals surface area contributed by atoms with Crippen molar-refractivity contribution in [3.8, 4) is 11.5 Å². The van der Waals surface area contributed by atoms with E-state index in [1.165, 1.54) is 11.8 Å². The van der Waals surface area contributed by atoms with Crippen LogP contribution in [0.25, 0.3) is 6.08 Å². The second-order valence-electron chi connectivity index (χ2n) is 3.70. The van der Waals surface area contributed by atoms with Crippen molar-refractivity contribution < 1.29 is 14.3 Å². The number of hydrogen-bond acceptors (Lipinski definition) is 5. The SMILES string of the molecule is CCOc1ccc(/C=C2\SC(=S)NC2=O)cc1OC. The molecule has 1 fully saturated rings. The summed E-state index contributed by atoms with van der Waals surface area (Å²) in [6.07, 6.45) is 1.78. The van der Waals surface area contributed by atoms with Crippen LogP contribution in [0.2, 0.25) is 0 Å². The van der Waals surface area contributed by atoms with Crippen molar-refractivity contribution in [3.05, 3.63) is 28.7 Å². The predicted molar refractivity (Wildman–Crippen MR) is 80.5 cm³/mol. The fourth-order valence-electron chi connectivity index (χ4n) is 1.62. The molecule has 1 heterocycles. The maximum Gasteiger partial charge on any atom is 0.263 e. The molecule has 0 aromatic heterocycles. The second-order valence-corrected chi connectivity index (χ2v) is 5.41. The van der Waals surface area contributed by atoms with Gasteiger partial charge in [0.05, 0.1) is 18.6 Å². The summed E-state index contributed by atoms with van der Waals surface area (Å²) in [6, 6.07) is 5.52. The third kappa shape index (κ3) is 3.27. The molecule has 100 valence electrons. The number of hydrogen-bond donors (Lipinski definition) is 1. The first kappa shape index (κ1) is 13.9. The van der Waals surface area contributed by atoms with Gasteiger partial charge in [-0.05, 0) is 30.7 Å². The Bertz CT molecular complexity index is 555. The topological polar surface area (TPSA) is 47.6 Å². The summed E-state index contributed by atoms with van der Waals surface area (Å²) in [5.74, 6) is 1.16. The van der Waals surface area contributed by atoms with Gasteiger partial charge in [0.1, 0.15) is 4.32 Å². The first-order valence-electron chi connectivity index (χ1n) is 5.69. The zero-order chi connectivity index (χ0) is 13.8. The molecule has 1 N–H and O–H groups in total. The second kappa shape index (κ2) is 6.08. The molecule has 0 saturated carbocycles. The third-order valence-electron chi connectivity index (χ3n) is 2.43. The van der Waals surface area contributed by atoms with Gasteiger partial charge in [0.25, 0.3) is 5.91 Å². The van der Waals surface area contributed by atoms with Crippen molar-refractivity contribution >= 4 is 40.3 Å². The zero-order valence-electron chi connectivity index (χ0n) is 10.6. The summed E-state index contributed by atoms with van der Waals surface area (Å²) in [5.41, 5.74) is 0.864. The quantitative estimate of drug-likeness (QED) is 0.683. The molecule has 0 unspecified atom stereocenters. The van der Waals surface area contributed by atoms with Gasteiger partial charge < -0.3 is 14.8 Å². The molecular weight excluding hydrogens is 282 g/mol. The Morgan fingerprint density at radius 2 is 2.21 bits per heavy atom. The van der Waals surface area contributed by atoms with E-state index in [0.29, 0.717) is 27.3 Å². The number of carbonyl (C=O) groups excluding carboxylic acids is 1. The van der Waals surface area contributed by atoms with Crippen LogP contribution < -0.4 is 14.8 Å². The highest BCUT2D eigenvalue weighted by Crippen LogP contribution is 2.31. The van der Waals surface area contributed by atoms with Crippen LogP contribution in [0.15, 0.2) is 23.1 Å². The normalized spacial score (nSPS) is 16.6. The van der Waals surface area contributed by atoms with E-state index in [1.807, 2.05) is 25.1 Å². The summed E-state index contributed by atoms with van der Waals surface area (Å²) >= 11 is 6.20. The lowest BCUT2D eigenvalue weighted by molar-refractivity contribution is -0.115. The van der Waals surface area contributed by atoms with Gasteiger partial charge in [0.2, 0.25) is 0 Å².